The van der Waals surface area contributed by atoms with Crippen molar-refractivity contribution in [1.29, 1.82) is 0 Å². The largest absolute Gasteiger partial charge is 0.462 e. The maximum Gasteiger partial charge on any atom is 0.414 e. The first-order valence-electron chi connectivity index (χ1n) is 10.7. The fraction of sp³-hybridized carbons (Fsp3) is 0.458. The average Bonchev–Trinajstić information content (AvgIpc) is 2.88. The SMILES string of the molecule is CCOC(=O)C1=CN(C(=O)OC(C)(C)C)CC(C)(C)C(N2C(=O)c3ccccc3C2=O)C1=O. The number of esters is 1. The van der Waals surface area contributed by atoms with Crippen molar-refractivity contribution in [2.24, 2.45) is 5.41 Å². The van der Waals surface area contributed by atoms with Crippen LogP contribution in [0.1, 0.15) is 62.3 Å². The quantitative estimate of drug-likeness (QED) is 0.391. The Bertz CT molecular complexity index is 1030. The second kappa shape index (κ2) is 8.46. The van der Waals surface area contributed by atoms with E-state index in [1.54, 1.807) is 53.7 Å². The molecule has 1 aromatic rings. The van der Waals surface area contributed by atoms with Gasteiger partial charge in [-0.2, -0.15) is 0 Å². The molecule has 1 atom stereocenters. The van der Waals surface area contributed by atoms with Gasteiger partial charge < -0.3 is 9.47 Å². The van der Waals surface area contributed by atoms with Crippen molar-refractivity contribution in [3.8, 4) is 0 Å². The van der Waals surface area contributed by atoms with E-state index in [4.69, 9.17) is 9.47 Å². The van der Waals surface area contributed by atoms with Crippen LogP contribution >= 0.6 is 0 Å². The van der Waals surface area contributed by atoms with Gasteiger partial charge in [-0.3, -0.25) is 24.2 Å². The van der Waals surface area contributed by atoms with Gasteiger partial charge in [-0.1, -0.05) is 26.0 Å². The maximum absolute atomic E-state index is 13.7. The van der Waals surface area contributed by atoms with E-state index < -0.39 is 52.3 Å². The van der Waals surface area contributed by atoms with Gasteiger partial charge in [0, 0.05) is 18.2 Å². The minimum Gasteiger partial charge on any atom is -0.462 e. The number of Topliss-reactive ketones (excluding diaryl/α,β-unsaturated/α-hetero) is 1. The van der Waals surface area contributed by atoms with E-state index in [0.717, 1.165) is 16.0 Å². The molecule has 0 radical (unpaired) electrons. The van der Waals surface area contributed by atoms with Crippen LogP contribution in [0.4, 0.5) is 4.79 Å². The van der Waals surface area contributed by atoms with Crippen molar-refractivity contribution in [3.63, 3.8) is 0 Å². The average molecular weight is 456 g/mol. The topological polar surface area (TPSA) is 110 Å². The van der Waals surface area contributed by atoms with Gasteiger partial charge in [0.2, 0.25) is 0 Å². The van der Waals surface area contributed by atoms with E-state index in [1.165, 1.54) is 12.1 Å². The molecule has 3 rings (SSSR count). The van der Waals surface area contributed by atoms with Gasteiger partial charge in [0.1, 0.15) is 17.2 Å². The number of carbonyl (C=O) groups is 5. The summed E-state index contributed by atoms with van der Waals surface area (Å²) >= 11 is 0. The normalized spacial score (nSPS) is 20.2. The van der Waals surface area contributed by atoms with Gasteiger partial charge in [0.25, 0.3) is 11.8 Å². The Kier molecular flexibility index (Phi) is 6.19. The molecule has 2 heterocycles. The Labute approximate surface area is 192 Å². The molecule has 0 aliphatic carbocycles. The summed E-state index contributed by atoms with van der Waals surface area (Å²) in [6, 6.07) is 4.94. The van der Waals surface area contributed by atoms with Gasteiger partial charge in [0.05, 0.1) is 17.7 Å². The molecule has 33 heavy (non-hydrogen) atoms. The Balaban J connectivity index is 2.10. The van der Waals surface area contributed by atoms with E-state index in [0.29, 0.717) is 0 Å². The van der Waals surface area contributed by atoms with E-state index in [2.05, 4.69) is 0 Å². The molecule has 1 unspecified atom stereocenters. The van der Waals surface area contributed by atoms with Crippen LogP contribution in [0.15, 0.2) is 36.0 Å². The lowest BCUT2D eigenvalue weighted by Gasteiger charge is -2.38. The van der Waals surface area contributed by atoms with Crippen LogP contribution < -0.4 is 0 Å². The molecule has 0 saturated heterocycles. The summed E-state index contributed by atoms with van der Waals surface area (Å²) in [6.45, 7) is 9.86. The number of nitrogens with zero attached hydrogens (tertiary/aromatic N) is 2. The van der Waals surface area contributed by atoms with Gasteiger partial charge in [-0.15, -0.1) is 0 Å². The van der Waals surface area contributed by atoms with E-state index >= 15 is 0 Å². The smallest absolute Gasteiger partial charge is 0.414 e. The zero-order chi connectivity index (χ0) is 24.7. The van der Waals surface area contributed by atoms with E-state index in [-0.39, 0.29) is 24.3 Å². The second-order valence-corrected chi connectivity index (χ2v) is 9.65. The highest BCUT2D eigenvalue weighted by molar-refractivity contribution is 6.26. The van der Waals surface area contributed by atoms with Crippen LogP contribution in [0, 0.1) is 5.41 Å². The number of ketones is 1. The van der Waals surface area contributed by atoms with Crippen LogP contribution in [0.5, 0.6) is 0 Å². The highest BCUT2D eigenvalue weighted by Gasteiger charge is 2.53. The van der Waals surface area contributed by atoms with Crippen molar-refractivity contribution in [2.45, 2.75) is 53.2 Å². The molecule has 0 saturated carbocycles. The summed E-state index contributed by atoms with van der Waals surface area (Å²) in [5.41, 5.74) is -2.01. The highest BCUT2D eigenvalue weighted by Crippen LogP contribution is 2.37. The third-order valence-electron chi connectivity index (χ3n) is 5.32. The number of benzene rings is 1. The summed E-state index contributed by atoms with van der Waals surface area (Å²) < 4.78 is 10.5. The van der Waals surface area contributed by atoms with Crippen LogP contribution in [0.3, 0.4) is 0 Å². The fourth-order valence-electron chi connectivity index (χ4n) is 4.00. The molecular formula is C24H28N2O7. The lowest BCUT2D eigenvalue weighted by molar-refractivity contribution is -0.140. The minimum atomic E-state index is -1.34. The summed E-state index contributed by atoms with van der Waals surface area (Å²) in [5, 5.41) is 0. The van der Waals surface area contributed by atoms with E-state index in [9.17, 15) is 24.0 Å². The second-order valence-electron chi connectivity index (χ2n) is 9.65. The molecule has 1 aromatic carbocycles. The van der Waals surface area contributed by atoms with Crippen molar-refractivity contribution >= 4 is 29.7 Å². The highest BCUT2D eigenvalue weighted by atomic mass is 16.6. The molecular weight excluding hydrogens is 428 g/mol. The number of carbonyl (C=O) groups excluding carboxylic acids is 5. The standard InChI is InChI=1S/C24H28N2O7/c1-7-32-21(30)16-12-25(22(31)33-23(2,3)4)13-24(5,6)18(17(16)27)26-19(28)14-10-8-9-11-15(14)20(26)29/h8-12,18H,7,13H2,1-6H3. The molecule has 3 amide bonds. The molecule has 0 spiro atoms. The lowest BCUT2D eigenvalue weighted by atomic mass is 9.79. The van der Waals surface area contributed by atoms with Crippen LogP contribution in [0.2, 0.25) is 0 Å². The Hall–Kier alpha value is -3.49. The fourth-order valence-corrected chi connectivity index (χ4v) is 4.00. The zero-order valence-corrected chi connectivity index (χ0v) is 19.6. The predicted molar refractivity (Wildman–Crippen MR) is 117 cm³/mol. The Morgan fingerprint density at radius 3 is 2.09 bits per heavy atom. The molecule has 2 aliphatic heterocycles. The van der Waals surface area contributed by atoms with Crippen molar-refractivity contribution in [1.82, 2.24) is 9.80 Å². The molecule has 9 nitrogen and oxygen atoms in total. The molecule has 0 fully saturated rings. The first-order chi connectivity index (χ1) is 15.3. The third-order valence-corrected chi connectivity index (χ3v) is 5.32. The van der Waals surface area contributed by atoms with Gasteiger partial charge >= 0.3 is 12.1 Å². The number of hydrogen-bond donors (Lipinski definition) is 0. The lowest BCUT2D eigenvalue weighted by Crippen LogP contribution is -2.55. The first kappa shape index (κ1) is 24.2. The summed E-state index contributed by atoms with van der Waals surface area (Å²) in [6.07, 6.45) is 0.321. The molecule has 0 N–H and O–H groups in total. The van der Waals surface area contributed by atoms with Gasteiger partial charge in [-0.25, -0.2) is 9.59 Å². The first-order valence-corrected chi connectivity index (χ1v) is 10.7. The number of hydrogen-bond acceptors (Lipinski definition) is 7. The number of rotatable bonds is 3. The summed E-state index contributed by atoms with van der Waals surface area (Å²) in [7, 11) is 0. The number of ether oxygens (including phenoxy) is 2. The molecule has 0 bridgehead atoms. The van der Waals surface area contributed by atoms with Crippen molar-refractivity contribution in [3.05, 3.63) is 47.2 Å². The number of imide groups is 1. The van der Waals surface area contributed by atoms with E-state index in [1.807, 2.05) is 0 Å². The monoisotopic (exact) mass is 456 g/mol. The minimum absolute atomic E-state index is 0.00301. The predicted octanol–water partition coefficient (Wildman–Crippen LogP) is 2.94. The van der Waals surface area contributed by atoms with Gasteiger partial charge in [0.15, 0.2) is 5.78 Å². The Morgan fingerprint density at radius 1 is 1.06 bits per heavy atom. The molecule has 2 aliphatic rings. The summed E-state index contributed by atoms with van der Waals surface area (Å²) in [4.78, 5) is 67.6. The number of amides is 3. The molecule has 176 valence electrons. The molecule has 0 aromatic heterocycles. The summed E-state index contributed by atoms with van der Waals surface area (Å²) in [5.74, 6) is -2.98. The van der Waals surface area contributed by atoms with Crippen LogP contribution in [0.25, 0.3) is 0 Å². The van der Waals surface area contributed by atoms with Crippen molar-refractivity contribution < 1.29 is 33.4 Å². The number of fused-ring (bicyclic) bond motifs is 1. The Morgan fingerprint density at radius 2 is 1.61 bits per heavy atom. The van der Waals surface area contributed by atoms with Crippen LogP contribution in [-0.4, -0.2) is 64.3 Å². The molecule has 9 heteroatoms. The van der Waals surface area contributed by atoms with Gasteiger partial charge in [-0.05, 0) is 39.8 Å². The third kappa shape index (κ3) is 4.53. The zero-order valence-electron chi connectivity index (χ0n) is 19.6. The maximum atomic E-state index is 13.7. The van der Waals surface area contributed by atoms with Crippen LogP contribution in [-0.2, 0) is 19.1 Å². The van der Waals surface area contributed by atoms with Crippen molar-refractivity contribution in [2.75, 3.05) is 13.2 Å².